The first-order valence-electron chi connectivity index (χ1n) is 6.42. The molecule has 0 aliphatic heterocycles. The minimum absolute atomic E-state index is 0.128. The Kier molecular flexibility index (Phi) is 4.09. The second kappa shape index (κ2) is 5.63. The molecule has 0 radical (unpaired) electrons. The van der Waals surface area contributed by atoms with Gasteiger partial charge in [0.05, 0.1) is 11.7 Å². The highest BCUT2D eigenvalue weighted by Crippen LogP contribution is 2.29. The zero-order chi connectivity index (χ0) is 14.8. The lowest BCUT2D eigenvalue weighted by Crippen LogP contribution is -2.28. The summed E-state index contributed by atoms with van der Waals surface area (Å²) >= 11 is 1.43. The van der Waals surface area contributed by atoms with Crippen LogP contribution in [0.5, 0.6) is 0 Å². The van der Waals surface area contributed by atoms with Crippen LogP contribution in [-0.4, -0.2) is 16.1 Å². The Morgan fingerprint density at radius 2 is 2.00 bits per heavy atom. The number of benzene rings is 1. The number of hydrogen-bond donors (Lipinski definition) is 2. The summed E-state index contributed by atoms with van der Waals surface area (Å²) in [6.45, 7) is 5.38. The third-order valence-electron chi connectivity index (χ3n) is 3.32. The molecule has 0 bridgehead atoms. The van der Waals surface area contributed by atoms with Crippen molar-refractivity contribution < 1.29 is 9.90 Å². The fourth-order valence-corrected chi connectivity index (χ4v) is 2.71. The van der Waals surface area contributed by atoms with Gasteiger partial charge in [0, 0.05) is 5.38 Å². The zero-order valence-corrected chi connectivity index (χ0v) is 12.6. The predicted octanol–water partition coefficient (Wildman–Crippen LogP) is 3.68. The van der Waals surface area contributed by atoms with Crippen molar-refractivity contribution in [2.45, 2.75) is 32.2 Å². The fourth-order valence-electron chi connectivity index (χ4n) is 1.75. The van der Waals surface area contributed by atoms with Crippen molar-refractivity contribution in [3.63, 3.8) is 0 Å². The van der Waals surface area contributed by atoms with Crippen LogP contribution in [0.15, 0.2) is 35.7 Å². The molecular weight excluding hydrogens is 272 g/mol. The van der Waals surface area contributed by atoms with Gasteiger partial charge >= 0.3 is 5.97 Å². The minimum atomic E-state index is -0.966. The lowest BCUT2D eigenvalue weighted by Gasteiger charge is -2.16. The van der Waals surface area contributed by atoms with Gasteiger partial charge in [-0.1, -0.05) is 30.3 Å². The molecule has 1 aromatic carbocycles. The molecular formula is C15H18N2O2S. The summed E-state index contributed by atoms with van der Waals surface area (Å²) in [5.41, 5.74) is 0.784. The molecule has 0 saturated heterocycles. The van der Waals surface area contributed by atoms with Crippen LogP contribution >= 0.6 is 11.3 Å². The number of aromatic nitrogens is 1. The molecule has 2 rings (SSSR count). The summed E-state index contributed by atoms with van der Waals surface area (Å²) < 4.78 is 0. The minimum Gasteiger partial charge on any atom is -0.481 e. The number of hydrogen-bond acceptors (Lipinski definition) is 4. The topological polar surface area (TPSA) is 62.2 Å². The van der Waals surface area contributed by atoms with Gasteiger partial charge in [-0.2, -0.15) is 0 Å². The number of carboxylic acids is 1. The number of carboxylic acid groups (broad SMARTS) is 1. The molecule has 0 spiro atoms. The van der Waals surface area contributed by atoms with Crippen molar-refractivity contribution >= 4 is 22.4 Å². The lowest BCUT2D eigenvalue weighted by molar-refractivity contribution is -0.142. The molecule has 0 fully saturated rings. The molecule has 0 amide bonds. The second-order valence-electron chi connectivity index (χ2n) is 5.24. The smallest absolute Gasteiger partial charge is 0.315 e. The van der Waals surface area contributed by atoms with Gasteiger partial charge in [-0.15, -0.1) is 11.3 Å². The van der Waals surface area contributed by atoms with Crippen LogP contribution in [-0.2, 0) is 10.2 Å². The lowest BCUT2D eigenvalue weighted by atomic mass is 9.90. The summed E-state index contributed by atoms with van der Waals surface area (Å²) in [7, 11) is 0. The van der Waals surface area contributed by atoms with E-state index in [2.05, 4.69) is 17.2 Å². The molecule has 20 heavy (non-hydrogen) atoms. The SMILES string of the molecule is CC(Nc1nc(C(C)(C)C(=O)O)cs1)c1ccccc1. The van der Waals surface area contributed by atoms with E-state index in [1.165, 1.54) is 16.9 Å². The van der Waals surface area contributed by atoms with Crippen molar-refractivity contribution in [1.29, 1.82) is 0 Å². The molecule has 1 aromatic heterocycles. The highest BCUT2D eigenvalue weighted by molar-refractivity contribution is 7.13. The van der Waals surface area contributed by atoms with E-state index in [-0.39, 0.29) is 6.04 Å². The molecule has 2 aromatic rings. The van der Waals surface area contributed by atoms with Crippen molar-refractivity contribution in [3.8, 4) is 0 Å². The predicted molar refractivity (Wildman–Crippen MR) is 81.3 cm³/mol. The van der Waals surface area contributed by atoms with E-state index < -0.39 is 11.4 Å². The van der Waals surface area contributed by atoms with Crippen LogP contribution in [0.25, 0.3) is 0 Å². The Bertz CT molecular complexity index is 593. The van der Waals surface area contributed by atoms with Crippen LogP contribution in [0.2, 0.25) is 0 Å². The van der Waals surface area contributed by atoms with E-state index >= 15 is 0 Å². The van der Waals surface area contributed by atoms with E-state index in [9.17, 15) is 9.90 Å². The first-order chi connectivity index (χ1) is 9.41. The van der Waals surface area contributed by atoms with E-state index in [4.69, 9.17) is 0 Å². The molecule has 0 aliphatic carbocycles. The van der Waals surface area contributed by atoms with Gasteiger partial charge in [0.15, 0.2) is 5.13 Å². The van der Waals surface area contributed by atoms with Crippen LogP contribution in [0.4, 0.5) is 5.13 Å². The third kappa shape index (κ3) is 2.99. The van der Waals surface area contributed by atoms with Gasteiger partial charge in [0.2, 0.25) is 0 Å². The molecule has 4 nitrogen and oxygen atoms in total. The molecule has 2 N–H and O–H groups in total. The molecule has 106 valence electrons. The first-order valence-corrected chi connectivity index (χ1v) is 7.30. The maximum absolute atomic E-state index is 11.2. The van der Waals surface area contributed by atoms with Gasteiger partial charge in [0.25, 0.3) is 0 Å². The maximum atomic E-state index is 11.2. The molecule has 1 unspecified atom stereocenters. The second-order valence-corrected chi connectivity index (χ2v) is 6.10. The van der Waals surface area contributed by atoms with Crippen LogP contribution in [0, 0.1) is 0 Å². The third-order valence-corrected chi connectivity index (χ3v) is 4.09. The highest BCUT2D eigenvalue weighted by atomic mass is 32.1. The number of thiazole rings is 1. The number of nitrogens with one attached hydrogen (secondary N) is 1. The molecule has 1 heterocycles. The number of anilines is 1. The Hall–Kier alpha value is -1.88. The standard InChI is InChI=1S/C15H18N2O2S/c1-10(11-7-5-4-6-8-11)16-14-17-12(9-20-14)15(2,3)13(18)19/h4-10H,1-3H3,(H,16,17)(H,18,19). The van der Waals surface area contributed by atoms with Crippen molar-refractivity contribution in [1.82, 2.24) is 4.98 Å². The Morgan fingerprint density at radius 1 is 1.35 bits per heavy atom. The number of carbonyl (C=O) groups is 1. The van der Waals surface area contributed by atoms with Crippen LogP contribution in [0.1, 0.15) is 38.1 Å². The summed E-state index contributed by atoms with van der Waals surface area (Å²) in [5, 5.41) is 15.1. The van der Waals surface area contributed by atoms with E-state index in [0.717, 1.165) is 5.13 Å². The van der Waals surface area contributed by atoms with Crippen molar-refractivity contribution in [3.05, 3.63) is 47.0 Å². The number of nitrogens with zero attached hydrogens (tertiary/aromatic N) is 1. The first kappa shape index (κ1) is 14.5. The Labute approximate surface area is 122 Å². The average Bonchev–Trinajstić information content (AvgIpc) is 2.88. The van der Waals surface area contributed by atoms with Gasteiger partial charge in [-0.25, -0.2) is 4.98 Å². The van der Waals surface area contributed by atoms with Gasteiger partial charge in [0.1, 0.15) is 5.41 Å². The van der Waals surface area contributed by atoms with Gasteiger partial charge in [-0.05, 0) is 26.3 Å². The average molecular weight is 290 g/mol. The quantitative estimate of drug-likeness (QED) is 0.881. The van der Waals surface area contributed by atoms with Crippen molar-refractivity contribution in [2.75, 3.05) is 5.32 Å². The van der Waals surface area contributed by atoms with Gasteiger partial charge < -0.3 is 10.4 Å². The normalized spacial score (nSPS) is 12.9. The Balaban J connectivity index is 2.13. The van der Waals surface area contributed by atoms with E-state index in [0.29, 0.717) is 5.69 Å². The van der Waals surface area contributed by atoms with E-state index in [1.54, 1.807) is 19.2 Å². The Morgan fingerprint density at radius 3 is 2.60 bits per heavy atom. The maximum Gasteiger partial charge on any atom is 0.315 e. The van der Waals surface area contributed by atoms with Gasteiger partial charge in [-0.3, -0.25) is 4.79 Å². The molecule has 5 heteroatoms. The fraction of sp³-hybridized carbons (Fsp3) is 0.333. The van der Waals surface area contributed by atoms with Crippen LogP contribution < -0.4 is 5.32 Å². The summed E-state index contributed by atoms with van der Waals surface area (Å²) in [4.78, 5) is 15.6. The monoisotopic (exact) mass is 290 g/mol. The van der Waals surface area contributed by atoms with Crippen molar-refractivity contribution in [2.24, 2.45) is 0 Å². The number of aliphatic carboxylic acids is 1. The summed E-state index contributed by atoms with van der Waals surface area (Å²) in [6, 6.07) is 10.2. The van der Waals surface area contributed by atoms with Crippen LogP contribution in [0.3, 0.4) is 0 Å². The molecule has 0 saturated carbocycles. The molecule has 1 atom stereocenters. The molecule has 0 aliphatic rings. The largest absolute Gasteiger partial charge is 0.481 e. The van der Waals surface area contributed by atoms with E-state index in [1.807, 2.05) is 30.3 Å². The summed E-state index contributed by atoms with van der Waals surface area (Å²) in [6.07, 6.45) is 0. The summed E-state index contributed by atoms with van der Waals surface area (Å²) in [5.74, 6) is -0.870. The number of rotatable bonds is 5. The highest BCUT2D eigenvalue weighted by Gasteiger charge is 2.32. The zero-order valence-electron chi connectivity index (χ0n) is 11.8.